The summed E-state index contributed by atoms with van der Waals surface area (Å²) in [6.07, 6.45) is 2.62. The van der Waals surface area contributed by atoms with Crippen LogP contribution < -0.4 is 0 Å². The highest BCUT2D eigenvalue weighted by Gasteiger charge is 2.34. The Labute approximate surface area is 106 Å². The van der Waals surface area contributed by atoms with Crippen molar-refractivity contribution in [1.29, 1.82) is 0 Å². The van der Waals surface area contributed by atoms with Crippen LogP contribution in [0.15, 0.2) is 24.3 Å². The Balaban J connectivity index is 2.03. The van der Waals surface area contributed by atoms with E-state index >= 15 is 0 Å². The van der Waals surface area contributed by atoms with Gasteiger partial charge >= 0.3 is 5.97 Å². The number of carbonyl (C=O) groups is 1. The van der Waals surface area contributed by atoms with Gasteiger partial charge in [0.2, 0.25) is 0 Å². The van der Waals surface area contributed by atoms with E-state index in [2.05, 4.69) is 17.1 Å². The molecule has 0 saturated carbocycles. The minimum atomic E-state index is -0.357. The number of rotatable bonds is 1. The van der Waals surface area contributed by atoms with Gasteiger partial charge < -0.3 is 9.72 Å². The Morgan fingerprint density at radius 3 is 2.94 bits per heavy atom. The van der Waals surface area contributed by atoms with E-state index in [0.29, 0.717) is 0 Å². The third-order valence-electron chi connectivity index (χ3n) is 3.75. The summed E-state index contributed by atoms with van der Waals surface area (Å²) in [5.41, 5.74) is 3.42. The van der Waals surface area contributed by atoms with Gasteiger partial charge in [-0.1, -0.05) is 18.2 Å². The number of hydrogen-bond donors (Lipinski definition) is 1. The van der Waals surface area contributed by atoms with Crippen LogP contribution in [-0.4, -0.2) is 16.6 Å². The smallest absolute Gasteiger partial charge is 0.303 e. The number of fused-ring (bicyclic) bond motifs is 3. The molecule has 0 fully saturated rings. The van der Waals surface area contributed by atoms with Gasteiger partial charge in [0.05, 0.1) is 0 Å². The summed E-state index contributed by atoms with van der Waals surface area (Å²) in [6.45, 7) is 3.51. The van der Waals surface area contributed by atoms with Crippen LogP contribution in [0.5, 0.6) is 0 Å². The molecule has 3 rings (SSSR count). The Morgan fingerprint density at radius 1 is 1.39 bits per heavy atom. The lowest BCUT2D eigenvalue weighted by Gasteiger charge is -2.33. The lowest BCUT2D eigenvalue weighted by molar-refractivity contribution is -0.156. The topological polar surface area (TPSA) is 42.1 Å². The van der Waals surface area contributed by atoms with Crippen molar-refractivity contribution in [2.45, 2.75) is 38.7 Å². The van der Waals surface area contributed by atoms with E-state index < -0.39 is 0 Å². The normalized spacial score (nSPS) is 22.8. The van der Waals surface area contributed by atoms with Crippen molar-refractivity contribution in [2.24, 2.45) is 0 Å². The second kappa shape index (κ2) is 3.87. The van der Waals surface area contributed by atoms with E-state index in [1.807, 2.05) is 19.1 Å². The first-order valence-corrected chi connectivity index (χ1v) is 6.35. The summed E-state index contributed by atoms with van der Waals surface area (Å²) in [7, 11) is 0. The Morgan fingerprint density at radius 2 is 2.17 bits per heavy atom. The summed E-state index contributed by atoms with van der Waals surface area (Å²) in [5.74, 6) is -0.194. The fourth-order valence-electron chi connectivity index (χ4n) is 2.96. The van der Waals surface area contributed by atoms with Crippen molar-refractivity contribution < 1.29 is 9.53 Å². The number of esters is 1. The monoisotopic (exact) mass is 243 g/mol. The fourth-order valence-corrected chi connectivity index (χ4v) is 2.96. The van der Waals surface area contributed by atoms with Gasteiger partial charge in [0.15, 0.2) is 0 Å². The fraction of sp³-hybridized carbons (Fsp3) is 0.400. The van der Waals surface area contributed by atoms with Crippen molar-refractivity contribution in [3.63, 3.8) is 0 Å². The van der Waals surface area contributed by atoms with E-state index in [4.69, 9.17) is 4.74 Å². The zero-order valence-electron chi connectivity index (χ0n) is 10.7. The third kappa shape index (κ3) is 1.80. The SMILES string of the molecule is CC(=O)OC1(C)CCc2[nH]c3ccccc3c2C1. The number of aryl methyl sites for hydroxylation is 1. The van der Waals surface area contributed by atoms with Crippen molar-refractivity contribution >= 4 is 16.9 Å². The van der Waals surface area contributed by atoms with Crippen LogP contribution in [0.4, 0.5) is 0 Å². The van der Waals surface area contributed by atoms with Crippen LogP contribution in [0.3, 0.4) is 0 Å². The van der Waals surface area contributed by atoms with Crippen LogP contribution in [0.25, 0.3) is 10.9 Å². The van der Waals surface area contributed by atoms with E-state index in [-0.39, 0.29) is 11.6 Å². The zero-order chi connectivity index (χ0) is 12.8. The third-order valence-corrected chi connectivity index (χ3v) is 3.75. The highest BCUT2D eigenvalue weighted by atomic mass is 16.6. The van der Waals surface area contributed by atoms with Gasteiger partial charge in [-0.2, -0.15) is 0 Å². The molecule has 0 spiro atoms. The number of benzene rings is 1. The van der Waals surface area contributed by atoms with E-state index in [1.165, 1.54) is 29.1 Å². The second-order valence-electron chi connectivity index (χ2n) is 5.35. The van der Waals surface area contributed by atoms with Crippen LogP contribution in [0.1, 0.15) is 31.5 Å². The molecule has 0 saturated heterocycles. The molecule has 1 aliphatic rings. The standard InChI is InChI=1S/C15H17NO2/c1-10(17)18-15(2)8-7-14-12(9-15)11-5-3-4-6-13(11)16-14/h3-6,16H,7-9H2,1-2H3. The maximum atomic E-state index is 11.2. The molecule has 1 heterocycles. The molecule has 0 amide bonds. The quantitative estimate of drug-likeness (QED) is 0.782. The summed E-state index contributed by atoms with van der Waals surface area (Å²) < 4.78 is 5.50. The number of ether oxygens (including phenoxy) is 1. The molecule has 1 aliphatic carbocycles. The van der Waals surface area contributed by atoms with Gasteiger partial charge in [0.25, 0.3) is 0 Å². The van der Waals surface area contributed by atoms with Crippen LogP contribution in [0.2, 0.25) is 0 Å². The van der Waals surface area contributed by atoms with E-state index in [1.54, 1.807) is 0 Å². The van der Waals surface area contributed by atoms with Crippen molar-refractivity contribution in [1.82, 2.24) is 4.98 Å². The number of para-hydroxylation sites is 1. The molecule has 1 aromatic heterocycles. The highest BCUT2D eigenvalue weighted by molar-refractivity contribution is 5.85. The maximum absolute atomic E-state index is 11.2. The Bertz CT molecular complexity index is 614. The predicted octanol–water partition coefficient (Wildman–Crippen LogP) is 2.98. The number of aromatic nitrogens is 1. The Kier molecular flexibility index (Phi) is 2.44. The number of hydrogen-bond acceptors (Lipinski definition) is 2. The minimum Gasteiger partial charge on any atom is -0.459 e. The first-order chi connectivity index (χ1) is 8.57. The molecular weight excluding hydrogens is 226 g/mol. The average molecular weight is 243 g/mol. The van der Waals surface area contributed by atoms with Gasteiger partial charge in [0, 0.05) is 29.9 Å². The zero-order valence-corrected chi connectivity index (χ0v) is 10.7. The molecule has 1 N–H and O–H groups in total. The summed E-state index contributed by atoms with van der Waals surface area (Å²) in [5, 5.41) is 1.26. The summed E-state index contributed by atoms with van der Waals surface area (Å²) in [6, 6.07) is 8.31. The molecule has 0 aliphatic heterocycles. The first-order valence-electron chi connectivity index (χ1n) is 6.35. The number of carbonyl (C=O) groups excluding carboxylic acids is 1. The van der Waals surface area contributed by atoms with Gasteiger partial charge in [-0.05, 0) is 31.4 Å². The average Bonchev–Trinajstić information content (AvgIpc) is 2.65. The second-order valence-corrected chi connectivity index (χ2v) is 5.35. The molecule has 2 aromatic rings. The van der Waals surface area contributed by atoms with Gasteiger partial charge in [0.1, 0.15) is 5.60 Å². The molecule has 3 heteroatoms. The maximum Gasteiger partial charge on any atom is 0.303 e. The van der Waals surface area contributed by atoms with Crippen molar-refractivity contribution in [3.05, 3.63) is 35.5 Å². The van der Waals surface area contributed by atoms with Crippen LogP contribution >= 0.6 is 0 Å². The molecule has 3 nitrogen and oxygen atoms in total. The number of aromatic amines is 1. The summed E-state index contributed by atoms with van der Waals surface area (Å²) in [4.78, 5) is 14.7. The van der Waals surface area contributed by atoms with E-state index in [9.17, 15) is 4.79 Å². The van der Waals surface area contributed by atoms with Crippen molar-refractivity contribution in [3.8, 4) is 0 Å². The number of H-pyrrole nitrogens is 1. The van der Waals surface area contributed by atoms with E-state index in [0.717, 1.165) is 19.3 Å². The lowest BCUT2D eigenvalue weighted by Crippen LogP contribution is -2.37. The highest BCUT2D eigenvalue weighted by Crippen LogP contribution is 2.35. The molecule has 94 valence electrons. The molecule has 1 atom stereocenters. The van der Waals surface area contributed by atoms with Gasteiger partial charge in [-0.3, -0.25) is 4.79 Å². The molecular formula is C15H17NO2. The molecule has 1 aromatic carbocycles. The Hall–Kier alpha value is -1.77. The molecule has 18 heavy (non-hydrogen) atoms. The lowest BCUT2D eigenvalue weighted by atomic mass is 9.83. The van der Waals surface area contributed by atoms with Crippen LogP contribution in [-0.2, 0) is 22.4 Å². The summed E-state index contributed by atoms with van der Waals surface area (Å²) >= 11 is 0. The van der Waals surface area contributed by atoms with Gasteiger partial charge in [-0.15, -0.1) is 0 Å². The number of nitrogens with one attached hydrogen (secondary N) is 1. The van der Waals surface area contributed by atoms with Gasteiger partial charge in [-0.25, -0.2) is 0 Å². The minimum absolute atomic E-state index is 0.194. The molecule has 1 unspecified atom stereocenters. The predicted molar refractivity (Wildman–Crippen MR) is 70.5 cm³/mol. The first kappa shape index (κ1) is 11.3. The largest absolute Gasteiger partial charge is 0.459 e. The molecule has 0 bridgehead atoms. The molecule has 0 radical (unpaired) electrons. The van der Waals surface area contributed by atoms with Crippen LogP contribution in [0, 0.1) is 0 Å². The van der Waals surface area contributed by atoms with Crippen molar-refractivity contribution in [2.75, 3.05) is 0 Å².